The van der Waals surface area contributed by atoms with Gasteiger partial charge in [0.2, 0.25) is 0 Å². The van der Waals surface area contributed by atoms with E-state index >= 15 is 0 Å². The summed E-state index contributed by atoms with van der Waals surface area (Å²) in [4.78, 5) is 11.9. The molecule has 1 N–H and O–H groups in total. The quantitative estimate of drug-likeness (QED) is 0.848. The molecule has 0 aromatic heterocycles. The van der Waals surface area contributed by atoms with E-state index in [4.69, 9.17) is 16.3 Å². The van der Waals surface area contributed by atoms with Crippen molar-refractivity contribution >= 4 is 17.5 Å². The fraction of sp³-hybridized carbons (Fsp3) is 0.235. The maximum absolute atomic E-state index is 13.6. The third-order valence-electron chi connectivity index (χ3n) is 3.04. The van der Waals surface area contributed by atoms with Gasteiger partial charge in [0.1, 0.15) is 18.2 Å². The lowest BCUT2D eigenvalue weighted by Gasteiger charge is -2.10. The molecule has 2 rings (SSSR count). The fourth-order valence-corrected chi connectivity index (χ4v) is 2.40. The van der Waals surface area contributed by atoms with Gasteiger partial charge in [0.25, 0.3) is 5.91 Å². The van der Waals surface area contributed by atoms with E-state index in [0.717, 1.165) is 16.9 Å². The van der Waals surface area contributed by atoms with E-state index in [9.17, 15) is 9.18 Å². The highest BCUT2D eigenvalue weighted by molar-refractivity contribution is 6.33. The topological polar surface area (TPSA) is 38.3 Å². The Bertz CT molecular complexity index is 648. The first-order valence-electron chi connectivity index (χ1n) is 6.90. The molecule has 0 aliphatic heterocycles. The van der Waals surface area contributed by atoms with E-state index in [1.54, 1.807) is 0 Å². The summed E-state index contributed by atoms with van der Waals surface area (Å²) >= 11 is 5.84. The Morgan fingerprint density at radius 1 is 1.23 bits per heavy atom. The van der Waals surface area contributed by atoms with Crippen molar-refractivity contribution in [3.63, 3.8) is 0 Å². The normalized spacial score (nSPS) is 10.4. The predicted molar refractivity (Wildman–Crippen MR) is 85.2 cm³/mol. The Kier molecular flexibility index (Phi) is 5.39. The van der Waals surface area contributed by atoms with Crippen molar-refractivity contribution in [1.82, 2.24) is 5.32 Å². The highest BCUT2D eigenvalue weighted by Crippen LogP contribution is 2.18. The van der Waals surface area contributed by atoms with Crippen LogP contribution in [0.3, 0.4) is 0 Å². The second kappa shape index (κ2) is 7.27. The summed E-state index contributed by atoms with van der Waals surface area (Å²) in [6, 6.07) is 10.0. The third kappa shape index (κ3) is 4.21. The Labute approximate surface area is 134 Å². The van der Waals surface area contributed by atoms with Gasteiger partial charge in [-0.3, -0.25) is 4.79 Å². The monoisotopic (exact) mass is 321 g/mol. The SMILES string of the molecule is Cc1cc(C)cc(OCCNC(=O)c2c(F)cccc2Cl)c1. The molecule has 1 amide bonds. The van der Waals surface area contributed by atoms with E-state index in [1.165, 1.54) is 18.2 Å². The summed E-state index contributed by atoms with van der Waals surface area (Å²) in [7, 11) is 0. The molecule has 0 saturated heterocycles. The number of rotatable bonds is 5. The van der Waals surface area contributed by atoms with Gasteiger partial charge in [-0.1, -0.05) is 23.7 Å². The van der Waals surface area contributed by atoms with Crippen LogP contribution in [0.5, 0.6) is 5.75 Å². The number of hydrogen-bond acceptors (Lipinski definition) is 2. The van der Waals surface area contributed by atoms with Gasteiger partial charge in [0.15, 0.2) is 0 Å². The molecule has 0 fully saturated rings. The minimum absolute atomic E-state index is 0.0905. The molecule has 0 unspecified atom stereocenters. The number of nitrogens with one attached hydrogen (secondary N) is 1. The molecule has 0 aliphatic carbocycles. The van der Waals surface area contributed by atoms with Crippen LogP contribution in [0.15, 0.2) is 36.4 Å². The maximum atomic E-state index is 13.6. The van der Waals surface area contributed by atoms with Crippen molar-refractivity contribution < 1.29 is 13.9 Å². The van der Waals surface area contributed by atoms with Crippen LogP contribution in [0, 0.1) is 19.7 Å². The minimum Gasteiger partial charge on any atom is -0.492 e. The van der Waals surface area contributed by atoms with Gasteiger partial charge in [0.05, 0.1) is 17.1 Å². The molecule has 0 atom stereocenters. The number of aryl methyl sites for hydroxylation is 2. The van der Waals surface area contributed by atoms with Gasteiger partial charge in [-0.15, -0.1) is 0 Å². The molecule has 0 radical (unpaired) electrons. The summed E-state index contributed by atoms with van der Waals surface area (Å²) in [5.41, 5.74) is 2.07. The van der Waals surface area contributed by atoms with E-state index in [0.29, 0.717) is 6.61 Å². The molecule has 2 aromatic rings. The molecule has 0 heterocycles. The zero-order chi connectivity index (χ0) is 16.1. The number of halogens is 2. The average Bonchev–Trinajstić information content (AvgIpc) is 2.42. The summed E-state index contributed by atoms with van der Waals surface area (Å²) in [5.74, 6) is -0.442. The van der Waals surface area contributed by atoms with Crippen molar-refractivity contribution in [2.75, 3.05) is 13.2 Å². The molecule has 5 heteroatoms. The molecule has 2 aromatic carbocycles. The van der Waals surface area contributed by atoms with Gasteiger partial charge in [-0.2, -0.15) is 0 Å². The van der Waals surface area contributed by atoms with Crippen LogP contribution in [0.25, 0.3) is 0 Å². The van der Waals surface area contributed by atoms with Gasteiger partial charge in [-0.25, -0.2) is 4.39 Å². The summed E-state index contributed by atoms with van der Waals surface area (Å²) in [5, 5.41) is 2.68. The summed E-state index contributed by atoms with van der Waals surface area (Å²) in [6.45, 7) is 4.53. The lowest BCUT2D eigenvalue weighted by atomic mass is 10.1. The standard InChI is InChI=1S/C17H17ClFNO2/c1-11-8-12(2)10-13(9-11)22-7-6-20-17(21)16-14(18)4-3-5-15(16)19/h3-5,8-10H,6-7H2,1-2H3,(H,20,21). The van der Waals surface area contributed by atoms with Crippen LogP contribution in [0.1, 0.15) is 21.5 Å². The van der Waals surface area contributed by atoms with Crippen molar-refractivity contribution in [2.24, 2.45) is 0 Å². The van der Waals surface area contributed by atoms with Crippen LogP contribution in [-0.4, -0.2) is 19.1 Å². The predicted octanol–water partition coefficient (Wildman–Crippen LogP) is 3.90. The summed E-state index contributed by atoms with van der Waals surface area (Å²) < 4.78 is 19.2. The number of carbonyl (C=O) groups is 1. The van der Waals surface area contributed by atoms with Crippen LogP contribution in [-0.2, 0) is 0 Å². The van der Waals surface area contributed by atoms with Crippen molar-refractivity contribution in [2.45, 2.75) is 13.8 Å². The fourth-order valence-electron chi connectivity index (χ4n) is 2.15. The van der Waals surface area contributed by atoms with Crippen LogP contribution >= 0.6 is 11.6 Å². The van der Waals surface area contributed by atoms with Crippen molar-refractivity contribution in [1.29, 1.82) is 0 Å². The van der Waals surface area contributed by atoms with Gasteiger partial charge < -0.3 is 10.1 Å². The maximum Gasteiger partial charge on any atom is 0.255 e. The van der Waals surface area contributed by atoms with Crippen molar-refractivity contribution in [3.05, 3.63) is 63.9 Å². The first-order chi connectivity index (χ1) is 10.5. The minimum atomic E-state index is -0.639. The zero-order valence-corrected chi connectivity index (χ0v) is 13.2. The van der Waals surface area contributed by atoms with Gasteiger partial charge in [-0.05, 0) is 49.2 Å². The second-order valence-electron chi connectivity index (χ2n) is 5.02. The second-order valence-corrected chi connectivity index (χ2v) is 5.43. The number of benzene rings is 2. The van der Waals surface area contributed by atoms with Crippen molar-refractivity contribution in [3.8, 4) is 5.75 Å². The van der Waals surface area contributed by atoms with Crippen LogP contribution in [0.4, 0.5) is 4.39 Å². The lowest BCUT2D eigenvalue weighted by Crippen LogP contribution is -2.29. The van der Waals surface area contributed by atoms with E-state index in [2.05, 4.69) is 11.4 Å². The Hall–Kier alpha value is -2.07. The van der Waals surface area contributed by atoms with E-state index in [-0.39, 0.29) is 17.1 Å². The highest BCUT2D eigenvalue weighted by atomic mass is 35.5. The molecule has 0 bridgehead atoms. The molecule has 116 valence electrons. The Morgan fingerprint density at radius 3 is 2.55 bits per heavy atom. The Morgan fingerprint density at radius 2 is 1.91 bits per heavy atom. The van der Waals surface area contributed by atoms with Gasteiger partial charge in [0, 0.05) is 0 Å². The molecular formula is C17H17ClFNO2. The van der Waals surface area contributed by atoms with Crippen LogP contribution in [0.2, 0.25) is 5.02 Å². The van der Waals surface area contributed by atoms with E-state index in [1.807, 2.05) is 26.0 Å². The number of carbonyl (C=O) groups excluding carboxylic acids is 1. The van der Waals surface area contributed by atoms with Crippen LogP contribution < -0.4 is 10.1 Å². The molecule has 22 heavy (non-hydrogen) atoms. The number of hydrogen-bond donors (Lipinski definition) is 1. The third-order valence-corrected chi connectivity index (χ3v) is 3.36. The molecular weight excluding hydrogens is 305 g/mol. The molecule has 0 saturated carbocycles. The van der Waals surface area contributed by atoms with E-state index < -0.39 is 11.7 Å². The highest BCUT2D eigenvalue weighted by Gasteiger charge is 2.14. The van der Waals surface area contributed by atoms with Gasteiger partial charge >= 0.3 is 0 Å². The number of ether oxygens (including phenoxy) is 1. The smallest absolute Gasteiger partial charge is 0.255 e. The first kappa shape index (κ1) is 16.3. The summed E-state index contributed by atoms with van der Waals surface area (Å²) in [6.07, 6.45) is 0. The Balaban J connectivity index is 1.87. The molecule has 3 nitrogen and oxygen atoms in total. The molecule has 0 aliphatic rings. The zero-order valence-electron chi connectivity index (χ0n) is 12.5. The first-order valence-corrected chi connectivity index (χ1v) is 7.28. The largest absolute Gasteiger partial charge is 0.492 e. The average molecular weight is 322 g/mol. The number of amides is 1. The lowest BCUT2D eigenvalue weighted by molar-refractivity contribution is 0.0943. The molecule has 0 spiro atoms.